The third-order valence-electron chi connectivity index (χ3n) is 3.37. The van der Waals surface area contributed by atoms with Gasteiger partial charge in [0.05, 0.1) is 17.0 Å². The number of nitrogens with one attached hydrogen (secondary N) is 1. The van der Waals surface area contributed by atoms with Crippen molar-refractivity contribution in [3.63, 3.8) is 0 Å². The van der Waals surface area contributed by atoms with Crippen molar-refractivity contribution in [2.75, 3.05) is 0 Å². The first kappa shape index (κ1) is 16.2. The molecule has 0 aromatic carbocycles. The Hall–Kier alpha value is -2.21. The molecule has 0 saturated heterocycles. The lowest BCUT2D eigenvalue weighted by Gasteiger charge is -2.18. The average Bonchev–Trinajstić information content (AvgIpc) is 2.97. The van der Waals surface area contributed by atoms with Crippen LogP contribution in [-0.2, 0) is 4.79 Å². The second-order valence-corrected chi connectivity index (χ2v) is 6.15. The molecule has 22 heavy (non-hydrogen) atoms. The second kappa shape index (κ2) is 6.70. The molecule has 2 rings (SSSR count). The number of nitrogens with zero attached hydrogens (tertiary/aromatic N) is 1. The first-order valence-electron chi connectivity index (χ1n) is 6.94. The maximum Gasteiger partial charge on any atom is 0.326 e. The average molecular weight is 318 g/mol. The number of carboxylic acid groups (broad SMARTS) is 1. The minimum Gasteiger partial charge on any atom is -0.480 e. The standard InChI is InChI=1S/C16H18N2O3S/c1-9(2)14(16(20)21)18-15(19)12-4-5-13(17-10(12)3)11-6-7-22-8-11/h4-9,14H,1-3H3,(H,18,19)(H,20,21)/t14-/m1/s1. The molecule has 0 aliphatic carbocycles. The summed E-state index contributed by atoms with van der Waals surface area (Å²) < 4.78 is 0. The van der Waals surface area contributed by atoms with Crippen LogP contribution in [0.4, 0.5) is 0 Å². The molecule has 5 nitrogen and oxygen atoms in total. The van der Waals surface area contributed by atoms with E-state index in [1.54, 1.807) is 44.2 Å². The van der Waals surface area contributed by atoms with E-state index < -0.39 is 17.9 Å². The number of aromatic nitrogens is 1. The molecule has 0 aliphatic heterocycles. The monoisotopic (exact) mass is 318 g/mol. The summed E-state index contributed by atoms with van der Waals surface area (Å²) in [5.74, 6) is -1.65. The first-order valence-corrected chi connectivity index (χ1v) is 7.88. The number of carbonyl (C=O) groups excluding carboxylic acids is 1. The predicted molar refractivity (Wildman–Crippen MR) is 86.0 cm³/mol. The Bertz CT molecular complexity index is 681. The Balaban J connectivity index is 2.22. The molecule has 0 aliphatic rings. The summed E-state index contributed by atoms with van der Waals surface area (Å²) in [5.41, 5.74) is 2.78. The molecule has 1 atom stereocenters. The Labute approximate surface area is 133 Å². The fourth-order valence-corrected chi connectivity index (χ4v) is 2.75. The van der Waals surface area contributed by atoms with Crippen LogP contribution >= 0.6 is 11.3 Å². The van der Waals surface area contributed by atoms with Gasteiger partial charge in [-0.25, -0.2) is 4.79 Å². The van der Waals surface area contributed by atoms with Gasteiger partial charge in [0.25, 0.3) is 5.91 Å². The number of hydrogen-bond acceptors (Lipinski definition) is 4. The van der Waals surface area contributed by atoms with E-state index in [0.717, 1.165) is 11.3 Å². The van der Waals surface area contributed by atoms with Gasteiger partial charge in [0.2, 0.25) is 0 Å². The number of aryl methyl sites for hydroxylation is 1. The smallest absolute Gasteiger partial charge is 0.326 e. The fourth-order valence-electron chi connectivity index (χ4n) is 2.10. The highest BCUT2D eigenvalue weighted by Crippen LogP contribution is 2.21. The van der Waals surface area contributed by atoms with E-state index in [2.05, 4.69) is 10.3 Å². The fraction of sp³-hybridized carbons (Fsp3) is 0.312. The molecule has 2 heterocycles. The van der Waals surface area contributed by atoms with Gasteiger partial charge in [-0.1, -0.05) is 13.8 Å². The summed E-state index contributed by atoms with van der Waals surface area (Å²) >= 11 is 1.58. The Kier molecular flexibility index (Phi) is 4.92. The van der Waals surface area contributed by atoms with Gasteiger partial charge in [0.15, 0.2) is 0 Å². The van der Waals surface area contributed by atoms with Crippen molar-refractivity contribution in [2.45, 2.75) is 26.8 Å². The van der Waals surface area contributed by atoms with Crippen molar-refractivity contribution < 1.29 is 14.7 Å². The van der Waals surface area contributed by atoms with Crippen molar-refractivity contribution in [3.05, 3.63) is 40.2 Å². The zero-order valence-electron chi connectivity index (χ0n) is 12.7. The summed E-state index contributed by atoms with van der Waals surface area (Å²) in [4.78, 5) is 27.9. The molecule has 1 amide bonds. The van der Waals surface area contributed by atoms with Gasteiger partial charge in [-0.05, 0) is 36.4 Å². The highest BCUT2D eigenvalue weighted by molar-refractivity contribution is 7.08. The van der Waals surface area contributed by atoms with Crippen molar-refractivity contribution in [3.8, 4) is 11.3 Å². The van der Waals surface area contributed by atoms with Crippen LogP contribution in [0.1, 0.15) is 29.9 Å². The topological polar surface area (TPSA) is 79.3 Å². The van der Waals surface area contributed by atoms with E-state index in [9.17, 15) is 9.59 Å². The summed E-state index contributed by atoms with van der Waals surface area (Å²) in [6.07, 6.45) is 0. The number of pyridine rings is 1. The minimum absolute atomic E-state index is 0.195. The zero-order valence-corrected chi connectivity index (χ0v) is 13.5. The zero-order chi connectivity index (χ0) is 16.3. The van der Waals surface area contributed by atoms with Gasteiger partial charge in [-0.3, -0.25) is 9.78 Å². The molecule has 2 N–H and O–H groups in total. The van der Waals surface area contributed by atoms with Crippen molar-refractivity contribution in [2.24, 2.45) is 5.92 Å². The number of aliphatic carboxylic acids is 1. The quantitative estimate of drug-likeness (QED) is 0.888. The van der Waals surface area contributed by atoms with Crippen LogP contribution in [-0.4, -0.2) is 28.0 Å². The number of rotatable bonds is 5. The van der Waals surface area contributed by atoms with Crippen LogP contribution in [0.5, 0.6) is 0 Å². The highest BCUT2D eigenvalue weighted by atomic mass is 32.1. The van der Waals surface area contributed by atoms with E-state index in [4.69, 9.17) is 5.11 Å². The number of hydrogen-bond donors (Lipinski definition) is 2. The lowest BCUT2D eigenvalue weighted by molar-refractivity contribution is -0.140. The Morgan fingerprint density at radius 2 is 2.00 bits per heavy atom. The summed E-state index contributed by atoms with van der Waals surface area (Å²) in [5, 5.41) is 15.7. The summed E-state index contributed by atoms with van der Waals surface area (Å²) in [6, 6.07) is 4.51. The van der Waals surface area contributed by atoms with Gasteiger partial charge in [0.1, 0.15) is 6.04 Å². The van der Waals surface area contributed by atoms with E-state index >= 15 is 0 Å². The van der Waals surface area contributed by atoms with Crippen LogP contribution in [0.25, 0.3) is 11.3 Å². The largest absolute Gasteiger partial charge is 0.480 e. The Morgan fingerprint density at radius 3 is 2.50 bits per heavy atom. The second-order valence-electron chi connectivity index (χ2n) is 5.37. The molecular formula is C16H18N2O3S. The molecule has 2 aromatic heterocycles. The van der Waals surface area contributed by atoms with Crippen molar-refractivity contribution in [1.82, 2.24) is 10.3 Å². The van der Waals surface area contributed by atoms with Gasteiger partial charge < -0.3 is 10.4 Å². The van der Waals surface area contributed by atoms with Crippen LogP contribution in [0.2, 0.25) is 0 Å². The van der Waals surface area contributed by atoms with Gasteiger partial charge in [-0.15, -0.1) is 0 Å². The van der Waals surface area contributed by atoms with E-state index in [0.29, 0.717) is 11.3 Å². The van der Waals surface area contributed by atoms with E-state index in [1.807, 2.05) is 16.8 Å². The third-order valence-corrected chi connectivity index (χ3v) is 4.05. The molecular weight excluding hydrogens is 300 g/mol. The van der Waals surface area contributed by atoms with Gasteiger partial charge in [-0.2, -0.15) is 11.3 Å². The summed E-state index contributed by atoms with van der Waals surface area (Å²) in [6.45, 7) is 5.25. The van der Waals surface area contributed by atoms with Crippen LogP contribution < -0.4 is 5.32 Å². The van der Waals surface area contributed by atoms with Gasteiger partial charge in [0, 0.05) is 10.9 Å². The molecule has 116 valence electrons. The maximum absolute atomic E-state index is 12.3. The first-order chi connectivity index (χ1) is 10.4. The van der Waals surface area contributed by atoms with Crippen molar-refractivity contribution >= 4 is 23.2 Å². The SMILES string of the molecule is Cc1nc(-c2ccsc2)ccc1C(=O)N[C@@H](C(=O)O)C(C)C. The number of carboxylic acids is 1. The van der Waals surface area contributed by atoms with Gasteiger partial charge >= 0.3 is 5.97 Å². The van der Waals surface area contributed by atoms with E-state index in [1.165, 1.54) is 0 Å². The number of amides is 1. The molecule has 6 heteroatoms. The van der Waals surface area contributed by atoms with Crippen LogP contribution in [0.3, 0.4) is 0 Å². The third kappa shape index (κ3) is 3.51. The molecule has 2 aromatic rings. The highest BCUT2D eigenvalue weighted by Gasteiger charge is 2.24. The van der Waals surface area contributed by atoms with Crippen molar-refractivity contribution in [1.29, 1.82) is 0 Å². The molecule has 0 radical (unpaired) electrons. The molecule has 0 spiro atoms. The lowest BCUT2D eigenvalue weighted by atomic mass is 10.0. The molecule has 0 bridgehead atoms. The van der Waals surface area contributed by atoms with E-state index in [-0.39, 0.29) is 5.92 Å². The number of thiophene rings is 1. The Morgan fingerprint density at radius 1 is 1.27 bits per heavy atom. The summed E-state index contributed by atoms with van der Waals surface area (Å²) in [7, 11) is 0. The normalized spacial score (nSPS) is 12.2. The van der Waals surface area contributed by atoms with Crippen LogP contribution in [0, 0.1) is 12.8 Å². The molecule has 0 unspecified atom stereocenters. The maximum atomic E-state index is 12.3. The number of carbonyl (C=O) groups is 2. The molecule has 0 fully saturated rings. The molecule has 0 saturated carbocycles. The van der Waals surface area contributed by atoms with Crippen LogP contribution in [0.15, 0.2) is 29.0 Å². The predicted octanol–water partition coefficient (Wildman–Crippen LogP) is 2.96. The lowest BCUT2D eigenvalue weighted by Crippen LogP contribution is -2.44. The minimum atomic E-state index is -1.04.